The molecule has 146 valence electrons. The molecule has 0 atom stereocenters. The fourth-order valence-corrected chi connectivity index (χ4v) is 2.65. The van der Waals surface area contributed by atoms with Crippen molar-refractivity contribution < 1.29 is 23.2 Å². The molecule has 1 amide bonds. The zero-order valence-corrected chi connectivity index (χ0v) is 14.9. The molecule has 2 aromatic heterocycles. The Hall–Kier alpha value is -4.08. The van der Waals surface area contributed by atoms with Crippen LogP contribution in [0.25, 0.3) is 23.0 Å². The van der Waals surface area contributed by atoms with Gasteiger partial charge in [0, 0.05) is 36.6 Å². The number of benzene rings is 2. The predicted octanol–water partition coefficient (Wildman–Crippen LogP) is 3.37. The summed E-state index contributed by atoms with van der Waals surface area (Å²) in [6.07, 6.45) is 1.73. The van der Waals surface area contributed by atoms with Crippen LogP contribution in [0.4, 0.5) is 14.5 Å². The van der Waals surface area contributed by atoms with E-state index in [-0.39, 0.29) is 34.3 Å². The quantitative estimate of drug-likeness (QED) is 0.547. The molecular weight excluding hydrogens is 384 g/mol. The maximum Gasteiger partial charge on any atom is 0.262 e. The van der Waals surface area contributed by atoms with Crippen molar-refractivity contribution in [1.82, 2.24) is 19.9 Å². The molecule has 10 heteroatoms. The van der Waals surface area contributed by atoms with Crippen molar-refractivity contribution in [2.45, 2.75) is 0 Å². The van der Waals surface area contributed by atoms with Crippen molar-refractivity contribution in [1.29, 1.82) is 0 Å². The van der Waals surface area contributed by atoms with Crippen LogP contribution in [0.3, 0.4) is 0 Å². The fraction of sp³-hybridized carbons (Fsp3) is 0.0526. The molecule has 0 bridgehead atoms. The van der Waals surface area contributed by atoms with Gasteiger partial charge in [0.1, 0.15) is 23.1 Å². The number of aromatic hydroxyl groups is 1. The number of carbonyl (C=O) groups excluding carboxylic acids is 1. The van der Waals surface area contributed by atoms with Crippen molar-refractivity contribution in [2.24, 2.45) is 7.05 Å². The van der Waals surface area contributed by atoms with Gasteiger partial charge in [-0.3, -0.25) is 9.48 Å². The van der Waals surface area contributed by atoms with Crippen molar-refractivity contribution in [3.05, 3.63) is 65.9 Å². The number of phenolic OH excluding ortho intramolecular Hbond substituents is 1. The van der Waals surface area contributed by atoms with E-state index >= 15 is 0 Å². The van der Waals surface area contributed by atoms with Gasteiger partial charge in [0.25, 0.3) is 11.8 Å². The molecule has 4 rings (SSSR count). The third-order valence-corrected chi connectivity index (χ3v) is 3.98. The second-order valence-electron chi connectivity index (χ2n) is 6.14. The molecule has 0 unspecified atom stereocenters. The second kappa shape index (κ2) is 7.15. The molecule has 2 N–H and O–H groups in total. The lowest BCUT2D eigenvalue weighted by atomic mass is 10.1. The van der Waals surface area contributed by atoms with Gasteiger partial charge in [-0.1, -0.05) is 5.16 Å². The number of aryl methyl sites for hydroxylation is 1. The van der Waals surface area contributed by atoms with Crippen LogP contribution in [0.15, 0.2) is 53.2 Å². The molecule has 8 nitrogen and oxygen atoms in total. The molecule has 2 heterocycles. The topological polar surface area (TPSA) is 106 Å². The number of anilines is 1. The van der Waals surface area contributed by atoms with E-state index in [4.69, 9.17) is 4.52 Å². The van der Waals surface area contributed by atoms with Crippen LogP contribution in [0.2, 0.25) is 0 Å². The number of amides is 1. The maximum absolute atomic E-state index is 13.3. The number of hydrogen-bond donors (Lipinski definition) is 2. The largest absolute Gasteiger partial charge is 0.507 e. The lowest BCUT2D eigenvalue weighted by molar-refractivity contribution is 0.102. The molecule has 0 aliphatic rings. The Labute approximate surface area is 162 Å². The summed E-state index contributed by atoms with van der Waals surface area (Å²) in [6, 6.07) is 8.39. The maximum atomic E-state index is 13.3. The highest BCUT2D eigenvalue weighted by Gasteiger charge is 2.17. The SMILES string of the molecule is Cn1ccc(-c2noc(-c3ccc(NC(=O)c4cc(F)cc(F)c4)cc3O)n2)n1. The van der Waals surface area contributed by atoms with Crippen LogP contribution < -0.4 is 5.32 Å². The average Bonchev–Trinajstić information content (AvgIpc) is 3.30. The lowest BCUT2D eigenvalue weighted by Crippen LogP contribution is -2.12. The highest BCUT2D eigenvalue weighted by Crippen LogP contribution is 2.31. The van der Waals surface area contributed by atoms with Gasteiger partial charge in [-0.05, 0) is 30.3 Å². The highest BCUT2D eigenvalue weighted by atomic mass is 19.1. The number of halogens is 2. The van der Waals surface area contributed by atoms with Gasteiger partial charge in [-0.25, -0.2) is 8.78 Å². The summed E-state index contributed by atoms with van der Waals surface area (Å²) in [4.78, 5) is 16.4. The first-order chi connectivity index (χ1) is 13.9. The van der Waals surface area contributed by atoms with E-state index in [1.165, 1.54) is 18.2 Å². The number of rotatable bonds is 4. The second-order valence-corrected chi connectivity index (χ2v) is 6.14. The molecule has 29 heavy (non-hydrogen) atoms. The molecule has 0 fully saturated rings. The summed E-state index contributed by atoms with van der Waals surface area (Å²) in [5.74, 6) is -2.38. The van der Waals surface area contributed by atoms with Gasteiger partial charge >= 0.3 is 0 Å². The van der Waals surface area contributed by atoms with Gasteiger partial charge in [0.15, 0.2) is 0 Å². The lowest BCUT2D eigenvalue weighted by Gasteiger charge is -2.07. The van der Waals surface area contributed by atoms with Crippen LogP contribution in [-0.4, -0.2) is 30.9 Å². The number of hydrogen-bond acceptors (Lipinski definition) is 6. The molecule has 0 saturated carbocycles. The van der Waals surface area contributed by atoms with E-state index in [9.17, 15) is 18.7 Å². The van der Waals surface area contributed by atoms with E-state index in [1.807, 2.05) is 0 Å². The summed E-state index contributed by atoms with van der Waals surface area (Å²) in [5, 5.41) is 20.7. The van der Waals surface area contributed by atoms with Crippen LogP contribution in [0.1, 0.15) is 10.4 Å². The molecule has 0 aliphatic heterocycles. The smallest absolute Gasteiger partial charge is 0.262 e. The summed E-state index contributed by atoms with van der Waals surface area (Å²) in [7, 11) is 1.75. The number of carbonyl (C=O) groups is 1. The molecule has 4 aromatic rings. The molecule has 0 spiro atoms. The Kier molecular flexibility index (Phi) is 4.51. The first-order valence-electron chi connectivity index (χ1n) is 8.33. The van der Waals surface area contributed by atoms with Crippen LogP contribution in [0, 0.1) is 11.6 Å². The van der Waals surface area contributed by atoms with Crippen LogP contribution >= 0.6 is 0 Å². The third-order valence-electron chi connectivity index (χ3n) is 3.98. The minimum atomic E-state index is -0.867. The van der Waals surface area contributed by atoms with Crippen molar-refractivity contribution in [3.8, 4) is 28.7 Å². The zero-order chi connectivity index (χ0) is 20.5. The Morgan fingerprint density at radius 3 is 2.55 bits per heavy atom. The Bertz CT molecular complexity index is 1200. The number of phenols is 1. The van der Waals surface area contributed by atoms with Crippen molar-refractivity contribution in [2.75, 3.05) is 5.32 Å². The number of aromatic nitrogens is 4. The average molecular weight is 397 g/mol. The summed E-state index contributed by atoms with van der Waals surface area (Å²) < 4.78 is 33.3. The van der Waals surface area contributed by atoms with E-state index in [1.54, 1.807) is 24.0 Å². The van der Waals surface area contributed by atoms with Gasteiger partial charge < -0.3 is 14.9 Å². The first kappa shape index (κ1) is 18.3. The highest BCUT2D eigenvalue weighted by molar-refractivity contribution is 6.04. The summed E-state index contributed by atoms with van der Waals surface area (Å²) in [5.41, 5.74) is 0.774. The first-order valence-corrected chi connectivity index (χ1v) is 8.33. The molecule has 0 saturated heterocycles. The Morgan fingerprint density at radius 1 is 1.14 bits per heavy atom. The van der Waals surface area contributed by atoms with Gasteiger partial charge in [0.05, 0.1) is 5.56 Å². The number of nitrogens with one attached hydrogen (secondary N) is 1. The fourth-order valence-electron chi connectivity index (χ4n) is 2.65. The van der Waals surface area contributed by atoms with E-state index < -0.39 is 17.5 Å². The van der Waals surface area contributed by atoms with Crippen LogP contribution in [0.5, 0.6) is 5.75 Å². The Morgan fingerprint density at radius 2 is 1.90 bits per heavy atom. The van der Waals surface area contributed by atoms with Crippen LogP contribution in [-0.2, 0) is 7.05 Å². The van der Waals surface area contributed by atoms with Crippen molar-refractivity contribution >= 4 is 11.6 Å². The van der Waals surface area contributed by atoms with Gasteiger partial charge in [0.2, 0.25) is 5.82 Å². The normalized spacial score (nSPS) is 10.9. The standard InChI is InChI=1S/C19H13F2N5O3/c1-26-5-4-15(24-26)17-23-19(29-25-17)14-3-2-13(9-16(14)27)22-18(28)10-6-11(20)8-12(21)7-10/h2-9,27H,1H3,(H,22,28). The molecular formula is C19H13F2N5O3. The molecule has 2 aromatic carbocycles. The van der Waals surface area contributed by atoms with Crippen molar-refractivity contribution in [3.63, 3.8) is 0 Å². The van der Waals surface area contributed by atoms with Gasteiger partial charge in [-0.15, -0.1) is 0 Å². The molecule has 0 aliphatic carbocycles. The predicted molar refractivity (Wildman–Crippen MR) is 97.9 cm³/mol. The van der Waals surface area contributed by atoms with E-state index in [2.05, 4.69) is 20.6 Å². The minimum absolute atomic E-state index is 0.0632. The summed E-state index contributed by atoms with van der Waals surface area (Å²) in [6.45, 7) is 0. The monoisotopic (exact) mass is 397 g/mol. The summed E-state index contributed by atoms with van der Waals surface area (Å²) >= 11 is 0. The van der Waals surface area contributed by atoms with Gasteiger partial charge in [-0.2, -0.15) is 10.1 Å². The minimum Gasteiger partial charge on any atom is -0.507 e. The van der Waals surface area contributed by atoms with E-state index in [0.29, 0.717) is 11.8 Å². The number of nitrogens with zero attached hydrogens (tertiary/aromatic N) is 4. The zero-order valence-electron chi connectivity index (χ0n) is 14.9. The Balaban J connectivity index is 1.55. The third kappa shape index (κ3) is 3.81. The molecule has 0 radical (unpaired) electrons. The van der Waals surface area contributed by atoms with E-state index in [0.717, 1.165) is 12.1 Å².